The number of nitrogens with zero attached hydrogens (tertiary/aromatic N) is 3. The van der Waals surface area contributed by atoms with Crippen LogP contribution in [0.4, 0.5) is 29.5 Å². The summed E-state index contributed by atoms with van der Waals surface area (Å²) in [6.45, 7) is 4.76. The Labute approximate surface area is 207 Å². The average molecular weight is 507 g/mol. The lowest BCUT2D eigenvalue weighted by molar-refractivity contribution is -0.156. The van der Waals surface area contributed by atoms with Crippen LogP contribution in [0.5, 0.6) is 5.88 Å². The molecule has 1 saturated carbocycles. The number of fused-ring (bicyclic) bond motifs is 1. The lowest BCUT2D eigenvalue weighted by atomic mass is 10.0. The molecule has 5 rings (SSSR count). The van der Waals surface area contributed by atoms with Crippen molar-refractivity contribution in [1.29, 1.82) is 0 Å². The third-order valence-electron chi connectivity index (χ3n) is 7.12. The third kappa shape index (κ3) is 5.08. The highest BCUT2D eigenvalue weighted by molar-refractivity contribution is 5.91. The summed E-state index contributed by atoms with van der Waals surface area (Å²) in [5, 5.41) is 12.0. The maximum Gasteiger partial charge on any atom is 0.392 e. The summed E-state index contributed by atoms with van der Waals surface area (Å²) in [4.78, 5) is 20.9. The second kappa shape index (κ2) is 9.78. The van der Waals surface area contributed by atoms with Gasteiger partial charge in [-0.1, -0.05) is 6.07 Å². The van der Waals surface area contributed by atoms with Gasteiger partial charge in [-0.15, -0.1) is 0 Å². The number of anilines is 2. The topological polar surface area (TPSA) is 87.2 Å². The molecule has 0 radical (unpaired) electrons. The standard InChI is InChI=1S/C25H29F3N4O4/c1-15-2-3-17(29-24(34)32-13-19-20(14-32)23(19)25(26,27)28)12-18(15)16-10-21(31-4-7-35-8-5-31)30-22(11-16)36-9-6-33/h2-3,10-12,19-20,23,33H,4-9,13-14H2,1H3,(H,29,34)/t19-,20+,23+. The zero-order valence-electron chi connectivity index (χ0n) is 19.9. The van der Waals surface area contributed by atoms with E-state index < -0.39 is 30.0 Å². The maximum atomic E-state index is 13.0. The first-order valence-electron chi connectivity index (χ1n) is 12.1. The molecule has 3 aliphatic rings. The number of ether oxygens (including phenoxy) is 2. The van der Waals surface area contributed by atoms with Gasteiger partial charge < -0.3 is 29.7 Å². The molecule has 11 heteroatoms. The number of urea groups is 1. The zero-order valence-corrected chi connectivity index (χ0v) is 19.9. The lowest BCUT2D eigenvalue weighted by Crippen LogP contribution is -2.36. The van der Waals surface area contributed by atoms with Crippen molar-refractivity contribution in [3.63, 3.8) is 0 Å². The first-order chi connectivity index (χ1) is 17.2. The van der Waals surface area contributed by atoms with Crippen molar-refractivity contribution in [2.24, 2.45) is 17.8 Å². The summed E-state index contributed by atoms with van der Waals surface area (Å²) in [7, 11) is 0. The number of morpholine rings is 1. The number of halogens is 3. The van der Waals surface area contributed by atoms with E-state index in [4.69, 9.17) is 9.47 Å². The summed E-state index contributed by atoms with van der Waals surface area (Å²) in [6, 6.07) is 8.86. The summed E-state index contributed by atoms with van der Waals surface area (Å²) in [5.41, 5.74) is 3.22. The normalized spacial score (nSPS) is 23.4. The number of hydrogen-bond donors (Lipinski definition) is 2. The molecule has 3 atom stereocenters. The number of hydrogen-bond acceptors (Lipinski definition) is 6. The number of amides is 2. The van der Waals surface area contributed by atoms with E-state index in [0.717, 1.165) is 22.5 Å². The Bertz CT molecular complexity index is 1110. The number of aryl methyl sites for hydroxylation is 1. The highest BCUT2D eigenvalue weighted by Gasteiger charge is 2.67. The molecule has 0 unspecified atom stereocenters. The molecule has 8 nitrogen and oxygen atoms in total. The van der Waals surface area contributed by atoms with Crippen LogP contribution in [0, 0.1) is 24.7 Å². The summed E-state index contributed by atoms with van der Waals surface area (Å²) >= 11 is 0. The van der Waals surface area contributed by atoms with Crippen molar-refractivity contribution < 1.29 is 32.5 Å². The van der Waals surface area contributed by atoms with E-state index in [0.29, 0.717) is 37.9 Å². The Hall–Kier alpha value is -3.05. The Morgan fingerprint density at radius 2 is 1.92 bits per heavy atom. The number of carbonyl (C=O) groups excluding carboxylic acids is 1. The third-order valence-corrected chi connectivity index (χ3v) is 7.12. The minimum absolute atomic E-state index is 0.112. The van der Waals surface area contributed by atoms with E-state index in [1.165, 1.54) is 4.90 Å². The first kappa shape index (κ1) is 24.6. The quantitative estimate of drug-likeness (QED) is 0.624. The molecule has 3 fully saturated rings. The van der Waals surface area contributed by atoms with E-state index in [1.54, 1.807) is 12.1 Å². The van der Waals surface area contributed by atoms with Gasteiger partial charge >= 0.3 is 12.2 Å². The number of piperidine rings is 1. The molecule has 1 aliphatic carbocycles. The number of alkyl halides is 3. The van der Waals surface area contributed by atoms with Crippen LogP contribution in [0.1, 0.15) is 5.56 Å². The molecule has 3 heterocycles. The molecule has 2 N–H and O–H groups in total. The number of likely N-dealkylation sites (tertiary alicyclic amines) is 1. The maximum absolute atomic E-state index is 13.0. The predicted molar refractivity (Wildman–Crippen MR) is 127 cm³/mol. The number of carbonyl (C=O) groups is 1. The van der Waals surface area contributed by atoms with Crippen LogP contribution in [-0.4, -0.2) is 79.8 Å². The molecule has 1 aromatic carbocycles. The van der Waals surface area contributed by atoms with Gasteiger partial charge in [0.25, 0.3) is 0 Å². The summed E-state index contributed by atoms with van der Waals surface area (Å²) < 4.78 is 50.0. The van der Waals surface area contributed by atoms with Gasteiger partial charge in [0.05, 0.1) is 25.7 Å². The van der Waals surface area contributed by atoms with Crippen molar-refractivity contribution in [1.82, 2.24) is 9.88 Å². The second-order valence-corrected chi connectivity index (χ2v) is 9.48. The van der Waals surface area contributed by atoms with Crippen LogP contribution in [0.3, 0.4) is 0 Å². The van der Waals surface area contributed by atoms with Gasteiger partial charge in [-0.2, -0.15) is 18.2 Å². The zero-order chi connectivity index (χ0) is 25.4. The van der Waals surface area contributed by atoms with Gasteiger partial charge in [0, 0.05) is 37.9 Å². The van der Waals surface area contributed by atoms with Gasteiger partial charge in [-0.05, 0) is 53.6 Å². The SMILES string of the molecule is Cc1ccc(NC(=O)N2C[C@@H]3[C@H](C2)[C@H]3C(F)(F)F)cc1-c1cc(OCCO)nc(N2CCOCC2)c1. The molecule has 194 valence electrons. The Morgan fingerprint density at radius 1 is 1.19 bits per heavy atom. The Morgan fingerprint density at radius 3 is 2.58 bits per heavy atom. The Kier molecular flexibility index (Phi) is 6.69. The highest BCUT2D eigenvalue weighted by atomic mass is 19.4. The van der Waals surface area contributed by atoms with Gasteiger partial charge in [0.15, 0.2) is 0 Å². The Balaban J connectivity index is 1.34. The van der Waals surface area contributed by atoms with Gasteiger partial charge in [-0.25, -0.2) is 4.79 Å². The van der Waals surface area contributed by atoms with Crippen LogP contribution in [-0.2, 0) is 4.74 Å². The summed E-state index contributed by atoms with van der Waals surface area (Å²) in [5.74, 6) is -1.14. The van der Waals surface area contributed by atoms with E-state index in [-0.39, 0.29) is 26.3 Å². The number of pyridine rings is 1. The van der Waals surface area contributed by atoms with Crippen molar-refractivity contribution in [2.45, 2.75) is 13.1 Å². The number of rotatable bonds is 6. The predicted octanol–water partition coefficient (Wildman–Crippen LogP) is 3.54. The monoisotopic (exact) mass is 506 g/mol. The fraction of sp³-hybridized carbons (Fsp3) is 0.520. The molecule has 1 aromatic heterocycles. The number of aliphatic hydroxyl groups is 1. The van der Waals surface area contributed by atoms with Crippen molar-refractivity contribution in [2.75, 3.05) is 62.8 Å². The minimum atomic E-state index is -4.19. The number of nitrogens with one attached hydrogen (secondary N) is 1. The van der Waals surface area contributed by atoms with E-state index in [2.05, 4.69) is 15.2 Å². The molecular formula is C25H29F3N4O4. The van der Waals surface area contributed by atoms with Crippen LogP contribution in [0.25, 0.3) is 11.1 Å². The van der Waals surface area contributed by atoms with Crippen LogP contribution >= 0.6 is 0 Å². The molecular weight excluding hydrogens is 477 g/mol. The fourth-order valence-corrected chi connectivity index (χ4v) is 5.22. The average Bonchev–Trinajstić information content (AvgIpc) is 3.40. The van der Waals surface area contributed by atoms with Crippen molar-refractivity contribution in [3.8, 4) is 17.0 Å². The van der Waals surface area contributed by atoms with Gasteiger partial charge in [0.2, 0.25) is 5.88 Å². The molecule has 0 spiro atoms. The van der Waals surface area contributed by atoms with E-state index >= 15 is 0 Å². The highest BCUT2D eigenvalue weighted by Crippen LogP contribution is 2.59. The van der Waals surface area contributed by atoms with Gasteiger partial charge in [-0.3, -0.25) is 0 Å². The number of benzene rings is 1. The minimum Gasteiger partial charge on any atom is -0.475 e. The molecule has 2 aliphatic heterocycles. The van der Waals surface area contributed by atoms with Crippen molar-refractivity contribution >= 4 is 17.5 Å². The van der Waals surface area contributed by atoms with Crippen LogP contribution in [0.2, 0.25) is 0 Å². The number of aromatic nitrogens is 1. The van der Waals surface area contributed by atoms with Gasteiger partial charge in [0.1, 0.15) is 12.4 Å². The lowest BCUT2D eigenvalue weighted by Gasteiger charge is -2.28. The molecule has 2 amide bonds. The smallest absolute Gasteiger partial charge is 0.392 e. The van der Waals surface area contributed by atoms with E-state index in [9.17, 15) is 23.1 Å². The second-order valence-electron chi connectivity index (χ2n) is 9.48. The molecule has 2 aromatic rings. The molecule has 2 saturated heterocycles. The van der Waals surface area contributed by atoms with Crippen LogP contribution < -0.4 is 15.0 Å². The fourth-order valence-electron chi connectivity index (χ4n) is 5.22. The van der Waals surface area contributed by atoms with E-state index in [1.807, 2.05) is 25.1 Å². The first-order valence-corrected chi connectivity index (χ1v) is 12.1. The van der Waals surface area contributed by atoms with Crippen molar-refractivity contribution in [3.05, 3.63) is 35.9 Å². The molecule has 36 heavy (non-hydrogen) atoms. The van der Waals surface area contributed by atoms with Crippen LogP contribution in [0.15, 0.2) is 30.3 Å². The summed E-state index contributed by atoms with van der Waals surface area (Å²) in [6.07, 6.45) is -4.19. The largest absolute Gasteiger partial charge is 0.475 e. The number of aliphatic hydroxyl groups excluding tert-OH is 1. The molecule has 0 bridgehead atoms.